The zero-order valence-corrected chi connectivity index (χ0v) is 22.0. The minimum absolute atomic E-state index is 0.137. The van der Waals surface area contributed by atoms with Crippen LogP contribution in [0.5, 0.6) is 5.75 Å². The third kappa shape index (κ3) is 5.21. The highest BCUT2D eigenvalue weighted by molar-refractivity contribution is 7.17. The summed E-state index contributed by atoms with van der Waals surface area (Å²) in [7, 11) is 0. The molecule has 9 nitrogen and oxygen atoms in total. The second-order valence-electron chi connectivity index (χ2n) is 9.62. The fraction of sp³-hybridized carbons (Fsp3) is 0.333. The van der Waals surface area contributed by atoms with E-state index in [-0.39, 0.29) is 17.9 Å². The molecule has 4 aromatic rings. The van der Waals surface area contributed by atoms with Crippen molar-refractivity contribution in [2.24, 2.45) is 0 Å². The number of ether oxygens (including phenoxy) is 2. The number of nitrogens with one attached hydrogen (secondary N) is 2. The van der Waals surface area contributed by atoms with Crippen LogP contribution in [0.1, 0.15) is 43.8 Å². The van der Waals surface area contributed by atoms with Gasteiger partial charge in [0.15, 0.2) is 5.60 Å². The van der Waals surface area contributed by atoms with Crippen LogP contribution < -0.4 is 15.4 Å². The lowest BCUT2D eigenvalue weighted by Gasteiger charge is -2.31. The Bertz CT molecular complexity index is 1460. The van der Waals surface area contributed by atoms with Crippen LogP contribution in [0.25, 0.3) is 21.5 Å². The van der Waals surface area contributed by atoms with Crippen molar-refractivity contribution in [2.75, 3.05) is 17.2 Å². The molecule has 0 atom stereocenters. The summed E-state index contributed by atoms with van der Waals surface area (Å²) < 4.78 is 13.7. The number of amides is 2. The predicted octanol–water partition coefficient (Wildman–Crippen LogP) is 5.34. The maximum atomic E-state index is 13.2. The molecule has 0 fully saturated rings. The number of hydrogen-bond acceptors (Lipinski definition) is 7. The molecule has 5 rings (SSSR count). The zero-order chi connectivity index (χ0) is 26.2. The van der Waals surface area contributed by atoms with E-state index in [4.69, 9.17) is 14.5 Å². The van der Waals surface area contributed by atoms with Crippen LogP contribution in [-0.2, 0) is 16.1 Å². The van der Waals surface area contributed by atoms with Crippen molar-refractivity contribution < 1.29 is 19.1 Å². The Labute approximate surface area is 218 Å². The van der Waals surface area contributed by atoms with Gasteiger partial charge in [-0.1, -0.05) is 0 Å². The van der Waals surface area contributed by atoms with Crippen LogP contribution in [-0.4, -0.2) is 44.7 Å². The predicted molar refractivity (Wildman–Crippen MR) is 144 cm³/mol. The Morgan fingerprint density at radius 1 is 1.22 bits per heavy atom. The number of rotatable bonds is 8. The number of imidazole rings is 1. The van der Waals surface area contributed by atoms with Gasteiger partial charge in [-0.3, -0.25) is 19.9 Å². The summed E-state index contributed by atoms with van der Waals surface area (Å²) in [6, 6.07) is 11.2. The first kappa shape index (κ1) is 24.9. The Kier molecular flexibility index (Phi) is 6.70. The number of thiophene rings is 1. The largest absolute Gasteiger partial charge is 0.476 e. The molecule has 0 bridgehead atoms. The van der Waals surface area contributed by atoms with E-state index in [1.807, 2.05) is 48.7 Å². The van der Waals surface area contributed by atoms with Gasteiger partial charge in [-0.25, -0.2) is 4.98 Å². The zero-order valence-electron chi connectivity index (χ0n) is 21.2. The Morgan fingerprint density at radius 2 is 2.00 bits per heavy atom. The number of aromatic nitrogens is 3. The highest BCUT2D eigenvalue weighted by atomic mass is 32.1. The molecule has 0 saturated heterocycles. The van der Waals surface area contributed by atoms with Gasteiger partial charge in [-0.15, -0.1) is 11.3 Å². The van der Waals surface area contributed by atoms with E-state index >= 15 is 0 Å². The molecule has 1 aliphatic heterocycles. The summed E-state index contributed by atoms with van der Waals surface area (Å²) in [5.74, 6) is 0.530. The Hall–Kier alpha value is -3.76. The number of hydrogen-bond donors (Lipinski definition) is 2. The molecule has 4 heterocycles. The molecule has 2 amide bonds. The normalized spacial score (nSPS) is 14.4. The average molecular weight is 520 g/mol. The van der Waals surface area contributed by atoms with Crippen LogP contribution in [0, 0.1) is 0 Å². The molecule has 0 saturated carbocycles. The lowest BCUT2D eigenvalue weighted by molar-refractivity contribution is -0.129. The second kappa shape index (κ2) is 9.95. The summed E-state index contributed by atoms with van der Waals surface area (Å²) in [5, 5.41) is 5.89. The smallest absolute Gasteiger partial charge is 0.268 e. The third-order valence-electron chi connectivity index (χ3n) is 6.01. The summed E-state index contributed by atoms with van der Waals surface area (Å²) in [5.41, 5.74) is 2.02. The van der Waals surface area contributed by atoms with E-state index in [2.05, 4.69) is 15.6 Å². The molecule has 1 aliphatic rings. The van der Waals surface area contributed by atoms with Crippen LogP contribution in [0.4, 0.5) is 11.6 Å². The fourth-order valence-electron chi connectivity index (χ4n) is 4.09. The second-order valence-corrected chi connectivity index (χ2v) is 10.7. The molecule has 3 aromatic heterocycles. The van der Waals surface area contributed by atoms with Crippen molar-refractivity contribution in [3.8, 4) is 16.2 Å². The van der Waals surface area contributed by atoms with Crippen molar-refractivity contribution in [2.45, 2.75) is 52.4 Å². The van der Waals surface area contributed by atoms with Gasteiger partial charge in [-0.2, -0.15) is 0 Å². The number of carbonyl (C=O) groups excluding carboxylic acids is 2. The van der Waals surface area contributed by atoms with Crippen molar-refractivity contribution in [1.29, 1.82) is 0 Å². The van der Waals surface area contributed by atoms with Gasteiger partial charge < -0.3 is 19.4 Å². The minimum atomic E-state index is -0.987. The maximum absolute atomic E-state index is 13.2. The van der Waals surface area contributed by atoms with Crippen molar-refractivity contribution in [1.82, 2.24) is 14.5 Å². The van der Waals surface area contributed by atoms with E-state index < -0.39 is 5.60 Å². The quantitative estimate of drug-likeness (QED) is 0.305. The molecule has 2 N–H and O–H groups in total. The number of pyridine rings is 1. The highest BCUT2D eigenvalue weighted by Crippen LogP contribution is 2.38. The Balaban J connectivity index is 1.46. The minimum Gasteiger partial charge on any atom is -0.476 e. The van der Waals surface area contributed by atoms with E-state index in [1.165, 1.54) is 11.3 Å². The summed E-state index contributed by atoms with van der Waals surface area (Å²) >= 11 is 1.41. The molecule has 10 heteroatoms. The SMILES string of the molecule is CC(C)OCCCn1c(NC(=O)c2ccc(-c3ccncc3)s2)nc2cc3c(cc21)OC(C)(C)C(=O)N3. The van der Waals surface area contributed by atoms with Crippen LogP contribution in [0.3, 0.4) is 0 Å². The van der Waals surface area contributed by atoms with Gasteiger partial charge in [0.2, 0.25) is 5.95 Å². The van der Waals surface area contributed by atoms with Gasteiger partial charge in [0, 0.05) is 36.5 Å². The number of aryl methyl sites for hydroxylation is 1. The van der Waals surface area contributed by atoms with E-state index in [1.54, 1.807) is 32.3 Å². The number of carbonyl (C=O) groups is 2. The van der Waals surface area contributed by atoms with Gasteiger partial charge >= 0.3 is 0 Å². The summed E-state index contributed by atoms with van der Waals surface area (Å²) in [4.78, 5) is 35.9. The highest BCUT2D eigenvalue weighted by Gasteiger charge is 2.36. The standard InChI is InChI=1S/C27H29N5O4S/c1-16(2)35-13-5-12-32-20-15-21-19(29-25(34)27(3,4)36-21)14-18(20)30-26(32)31-24(33)23-7-6-22(37-23)17-8-10-28-11-9-17/h6-11,14-16H,5,12-13H2,1-4H3,(H,29,34)(H,30,31,33). The maximum Gasteiger partial charge on any atom is 0.268 e. The molecule has 0 aliphatic carbocycles. The third-order valence-corrected chi connectivity index (χ3v) is 7.14. The van der Waals surface area contributed by atoms with Crippen LogP contribution in [0.15, 0.2) is 48.8 Å². The number of nitrogens with zero attached hydrogens (tertiary/aromatic N) is 3. The van der Waals surface area contributed by atoms with E-state index in [0.717, 1.165) is 22.4 Å². The molecule has 1 aromatic carbocycles. The first-order valence-electron chi connectivity index (χ1n) is 12.2. The summed E-state index contributed by atoms with van der Waals surface area (Å²) in [6.07, 6.45) is 4.33. The van der Waals surface area contributed by atoms with E-state index in [0.29, 0.717) is 40.9 Å². The molecular weight excluding hydrogens is 490 g/mol. The first-order valence-corrected chi connectivity index (χ1v) is 13.0. The fourth-order valence-corrected chi connectivity index (χ4v) is 4.99. The molecule has 0 radical (unpaired) electrons. The molecule has 192 valence electrons. The van der Waals surface area contributed by atoms with Crippen molar-refractivity contribution in [3.05, 3.63) is 53.7 Å². The average Bonchev–Trinajstić information content (AvgIpc) is 3.47. The lowest BCUT2D eigenvalue weighted by atomic mass is 10.1. The van der Waals surface area contributed by atoms with E-state index in [9.17, 15) is 9.59 Å². The Morgan fingerprint density at radius 3 is 2.76 bits per heavy atom. The number of fused-ring (bicyclic) bond motifs is 2. The lowest BCUT2D eigenvalue weighted by Crippen LogP contribution is -2.45. The van der Waals surface area contributed by atoms with Crippen molar-refractivity contribution in [3.63, 3.8) is 0 Å². The molecule has 0 spiro atoms. The van der Waals surface area contributed by atoms with Gasteiger partial charge in [0.05, 0.1) is 27.7 Å². The van der Waals surface area contributed by atoms with Gasteiger partial charge in [0.25, 0.3) is 11.8 Å². The monoisotopic (exact) mass is 519 g/mol. The van der Waals surface area contributed by atoms with Crippen LogP contribution >= 0.6 is 11.3 Å². The molecule has 0 unspecified atom stereocenters. The number of benzene rings is 1. The number of anilines is 2. The topological polar surface area (TPSA) is 107 Å². The molecular formula is C27H29N5O4S. The van der Waals surface area contributed by atoms with Gasteiger partial charge in [-0.05, 0) is 70.0 Å². The summed E-state index contributed by atoms with van der Waals surface area (Å²) in [6.45, 7) is 8.61. The first-order chi connectivity index (χ1) is 17.7. The van der Waals surface area contributed by atoms with Crippen LogP contribution in [0.2, 0.25) is 0 Å². The molecule has 37 heavy (non-hydrogen) atoms. The van der Waals surface area contributed by atoms with Gasteiger partial charge in [0.1, 0.15) is 5.75 Å². The van der Waals surface area contributed by atoms with Crippen molar-refractivity contribution >= 4 is 45.8 Å².